The molecule has 0 aliphatic carbocycles. The SMILES string of the molecule is c1cncc(-c2ccc3[nH]nc(-c4cc5c(-c6ccncc6)cncc5[nH]4)c3n2)c1. The molecule has 7 nitrogen and oxygen atoms in total. The van der Waals surface area contributed by atoms with Crippen molar-refractivity contribution < 1.29 is 0 Å². The summed E-state index contributed by atoms with van der Waals surface area (Å²) in [7, 11) is 0. The van der Waals surface area contributed by atoms with E-state index in [2.05, 4.69) is 36.2 Å². The van der Waals surface area contributed by atoms with E-state index in [1.165, 1.54) is 0 Å². The van der Waals surface area contributed by atoms with Gasteiger partial charge in [0.15, 0.2) is 0 Å². The second-order valence-electron chi connectivity index (χ2n) is 6.97. The van der Waals surface area contributed by atoms with E-state index in [1.807, 2.05) is 55.0 Å². The molecule has 6 aromatic rings. The predicted molar refractivity (Wildman–Crippen MR) is 115 cm³/mol. The quantitative estimate of drug-likeness (QED) is 0.460. The van der Waals surface area contributed by atoms with E-state index in [-0.39, 0.29) is 0 Å². The van der Waals surface area contributed by atoms with Crippen LogP contribution in [-0.4, -0.2) is 35.1 Å². The van der Waals surface area contributed by atoms with Gasteiger partial charge >= 0.3 is 0 Å². The second kappa shape index (κ2) is 6.59. The molecule has 0 saturated heterocycles. The largest absolute Gasteiger partial charge is 0.352 e. The Morgan fingerprint density at radius 1 is 0.733 bits per heavy atom. The zero-order chi connectivity index (χ0) is 19.9. The highest BCUT2D eigenvalue weighted by molar-refractivity contribution is 5.99. The van der Waals surface area contributed by atoms with Crippen molar-refractivity contribution in [3.63, 3.8) is 0 Å². The van der Waals surface area contributed by atoms with Crippen LogP contribution in [0.25, 0.3) is 55.7 Å². The van der Waals surface area contributed by atoms with Gasteiger partial charge in [-0.15, -0.1) is 0 Å². The first-order chi connectivity index (χ1) is 14.9. The third-order valence-corrected chi connectivity index (χ3v) is 5.16. The minimum atomic E-state index is 0.771. The molecule has 6 aromatic heterocycles. The molecular formula is C23H15N7. The maximum absolute atomic E-state index is 4.85. The topological polar surface area (TPSA) is 96.0 Å². The monoisotopic (exact) mass is 389 g/mol. The van der Waals surface area contributed by atoms with E-state index in [0.717, 1.165) is 55.7 Å². The highest BCUT2D eigenvalue weighted by atomic mass is 15.1. The van der Waals surface area contributed by atoms with Crippen molar-refractivity contribution in [3.05, 3.63) is 79.6 Å². The molecule has 0 atom stereocenters. The summed E-state index contributed by atoms with van der Waals surface area (Å²) in [5.74, 6) is 0. The van der Waals surface area contributed by atoms with Gasteiger partial charge in [0.05, 0.1) is 28.6 Å². The van der Waals surface area contributed by atoms with Crippen molar-refractivity contribution in [1.29, 1.82) is 0 Å². The number of rotatable bonds is 3. The smallest absolute Gasteiger partial charge is 0.135 e. The molecule has 2 N–H and O–H groups in total. The van der Waals surface area contributed by atoms with Crippen LogP contribution in [0, 0.1) is 0 Å². The summed E-state index contributed by atoms with van der Waals surface area (Å²) >= 11 is 0. The summed E-state index contributed by atoms with van der Waals surface area (Å²) in [5.41, 5.74) is 8.21. The molecule has 0 radical (unpaired) electrons. The predicted octanol–water partition coefficient (Wildman–Crippen LogP) is 4.63. The van der Waals surface area contributed by atoms with E-state index < -0.39 is 0 Å². The third kappa shape index (κ3) is 2.64. The Labute approximate surface area is 170 Å². The van der Waals surface area contributed by atoms with Gasteiger partial charge in [-0.25, -0.2) is 4.98 Å². The van der Waals surface area contributed by atoms with Gasteiger partial charge < -0.3 is 4.98 Å². The molecule has 30 heavy (non-hydrogen) atoms. The van der Waals surface area contributed by atoms with Crippen molar-refractivity contribution in [3.8, 4) is 33.8 Å². The van der Waals surface area contributed by atoms with Crippen LogP contribution in [0.4, 0.5) is 0 Å². The van der Waals surface area contributed by atoms with Crippen LogP contribution in [0.15, 0.2) is 79.6 Å². The number of pyridine rings is 4. The number of fused-ring (bicyclic) bond motifs is 2. The van der Waals surface area contributed by atoms with Crippen LogP contribution in [0.1, 0.15) is 0 Å². The lowest BCUT2D eigenvalue weighted by Crippen LogP contribution is -1.86. The summed E-state index contributed by atoms with van der Waals surface area (Å²) in [6, 6.07) is 13.9. The number of H-pyrrole nitrogens is 2. The number of nitrogens with zero attached hydrogens (tertiary/aromatic N) is 5. The van der Waals surface area contributed by atoms with E-state index in [9.17, 15) is 0 Å². The Morgan fingerprint density at radius 3 is 2.53 bits per heavy atom. The van der Waals surface area contributed by atoms with Crippen LogP contribution >= 0.6 is 0 Å². The summed E-state index contributed by atoms with van der Waals surface area (Å²) in [6.07, 6.45) is 10.8. The van der Waals surface area contributed by atoms with Crippen molar-refractivity contribution in [2.24, 2.45) is 0 Å². The molecule has 6 heterocycles. The third-order valence-electron chi connectivity index (χ3n) is 5.16. The van der Waals surface area contributed by atoms with Crippen molar-refractivity contribution >= 4 is 21.9 Å². The molecule has 0 aliphatic rings. The molecule has 142 valence electrons. The summed E-state index contributed by atoms with van der Waals surface area (Å²) < 4.78 is 0. The van der Waals surface area contributed by atoms with Crippen LogP contribution < -0.4 is 0 Å². The Kier molecular flexibility index (Phi) is 3.64. The highest BCUT2D eigenvalue weighted by Gasteiger charge is 2.15. The molecule has 6 rings (SSSR count). The van der Waals surface area contributed by atoms with Gasteiger partial charge in [-0.05, 0) is 48.0 Å². The van der Waals surface area contributed by atoms with E-state index in [0.29, 0.717) is 0 Å². The molecule has 0 aromatic carbocycles. The Morgan fingerprint density at radius 2 is 1.67 bits per heavy atom. The lowest BCUT2D eigenvalue weighted by atomic mass is 10.1. The lowest BCUT2D eigenvalue weighted by molar-refractivity contribution is 1.12. The van der Waals surface area contributed by atoms with Crippen LogP contribution in [0.3, 0.4) is 0 Å². The first-order valence-corrected chi connectivity index (χ1v) is 9.50. The minimum absolute atomic E-state index is 0.771. The van der Waals surface area contributed by atoms with Crippen molar-refractivity contribution in [2.45, 2.75) is 0 Å². The number of aromatic amines is 2. The fourth-order valence-corrected chi connectivity index (χ4v) is 3.70. The van der Waals surface area contributed by atoms with E-state index in [1.54, 1.807) is 18.6 Å². The normalized spacial score (nSPS) is 11.3. The van der Waals surface area contributed by atoms with Crippen molar-refractivity contribution in [1.82, 2.24) is 35.1 Å². The standard InChI is InChI=1S/C23H15N7/c1-2-15(11-25-7-1)18-3-4-19-22(28-18)23(30-29-19)20-10-16-17(12-26-13-21(16)27-20)14-5-8-24-9-6-14/h1-13,27H,(H,29,30). The maximum Gasteiger partial charge on any atom is 0.135 e. The number of hydrogen-bond acceptors (Lipinski definition) is 5. The molecule has 0 saturated carbocycles. The Bertz CT molecular complexity index is 1480. The first kappa shape index (κ1) is 16.6. The van der Waals surface area contributed by atoms with Crippen LogP contribution in [0.2, 0.25) is 0 Å². The molecule has 0 aliphatic heterocycles. The van der Waals surface area contributed by atoms with E-state index >= 15 is 0 Å². The second-order valence-corrected chi connectivity index (χ2v) is 6.97. The van der Waals surface area contributed by atoms with Gasteiger partial charge in [-0.2, -0.15) is 5.10 Å². The number of nitrogens with one attached hydrogen (secondary N) is 2. The molecule has 0 unspecified atom stereocenters. The van der Waals surface area contributed by atoms with Crippen molar-refractivity contribution in [2.75, 3.05) is 0 Å². The van der Waals surface area contributed by atoms with Gasteiger partial charge in [0.1, 0.15) is 11.2 Å². The summed E-state index contributed by atoms with van der Waals surface area (Å²) in [6.45, 7) is 0. The van der Waals surface area contributed by atoms with Gasteiger partial charge in [0.2, 0.25) is 0 Å². The van der Waals surface area contributed by atoms with Crippen LogP contribution in [-0.2, 0) is 0 Å². The molecular weight excluding hydrogens is 374 g/mol. The van der Waals surface area contributed by atoms with Gasteiger partial charge in [0, 0.05) is 47.5 Å². The minimum Gasteiger partial charge on any atom is -0.352 e. The lowest BCUT2D eigenvalue weighted by Gasteiger charge is -2.01. The molecule has 0 fully saturated rings. The van der Waals surface area contributed by atoms with Gasteiger partial charge in [0.25, 0.3) is 0 Å². The van der Waals surface area contributed by atoms with E-state index in [4.69, 9.17) is 4.98 Å². The number of aromatic nitrogens is 7. The molecule has 0 spiro atoms. The summed E-state index contributed by atoms with van der Waals surface area (Å²) in [4.78, 5) is 21.0. The average molecular weight is 389 g/mol. The Hall–Kier alpha value is -4.39. The molecule has 0 amide bonds. The maximum atomic E-state index is 4.85. The average Bonchev–Trinajstić information content (AvgIpc) is 3.43. The zero-order valence-corrected chi connectivity index (χ0v) is 15.7. The Balaban J connectivity index is 1.52. The van der Waals surface area contributed by atoms with Gasteiger partial charge in [-0.1, -0.05) is 0 Å². The number of hydrogen-bond donors (Lipinski definition) is 2. The molecule has 7 heteroatoms. The molecule has 0 bridgehead atoms. The van der Waals surface area contributed by atoms with Crippen LogP contribution in [0.5, 0.6) is 0 Å². The fourth-order valence-electron chi connectivity index (χ4n) is 3.70. The first-order valence-electron chi connectivity index (χ1n) is 9.50. The van der Waals surface area contributed by atoms with Gasteiger partial charge in [-0.3, -0.25) is 20.1 Å². The summed E-state index contributed by atoms with van der Waals surface area (Å²) in [5, 5.41) is 8.69. The highest BCUT2D eigenvalue weighted by Crippen LogP contribution is 2.33. The fraction of sp³-hybridized carbons (Fsp3) is 0. The zero-order valence-electron chi connectivity index (χ0n) is 15.7.